The molecule has 1 aromatic heterocycles. The van der Waals surface area contributed by atoms with Crippen molar-refractivity contribution in [1.29, 1.82) is 0 Å². The number of hydrogen-bond donors (Lipinski definition) is 1. The first-order chi connectivity index (χ1) is 7.11. The number of anilines is 1. The summed E-state index contributed by atoms with van der Waals surface area (Å²) in [4.78, 5) is 0. The van der Waals surface area contributed by atoms with Crippen molar-refractivity contribution in [3.63, 3.8) is 0 Å². The molecule has 2 aromatic rings. The number of benzene rings is 1. The lowest BCUT2D eigenvalue weighted by Crippen LogP contribution is -1.97. The zero-order valence-corrected chi connectivity index (χ0v) is 8.79. The molecule has 0 unspecified atom stereocenters. The normalized spacial score (nSPS) is 10.6. The second kappa shape index (κ2) is 3.55. The van der Waals surface area contributed by atoms with Gasteiger partial charge in [0.1, 0.15) is 5.69 Å². The van der Waals surface area contributed by atoms with Crippen LogP contribution in [0.25, 0.3) is 11.3 Å². The number of nitrogens with zero attached hydrogens (tertiary/aromatic N) is 2. The van der Waals surface area contributed by atoms with E-state index in [-0.39, 0.29) is 11.5 Å². The number of hydrogen-bond acceptors (Lipinski definition) is 2. The molecule has 0 saturated carbocycles. The van der Waals surface area contributed by atoms with E-state index in [4.69, 9.17) is 17.3 Å². The van der Waals surface area contributed by atoms with Crippen LogP contribution < -0.4 is 5.73 Å². The molecule has 5 heteroatoms. The first-order valence-corrected chi connectivity index (χ1v) is 4.72. The highest BCUT2D eigenvalue weighted by Crippen LogP contribution is 2.30. The molecule has 0 saturated heterocycles. The van der Waals surface area contributed by atoms with Gasteiger partial charge < -0.3 is 5.73 Å². The SMILES string of the molecule is Cn1nc(-c2ccccc2Cl)c(F)c1N. The molecule has 0 aliphatic heterocycles. The average Bonchev–Trinajstić information content (AvgIpc) is 2.47. The third-order valence-corrected chi connectivity index (χ3v) is 2.49. The molecule has 0 aliphatic rings. The van der Waals surface area contributed by atoms with Crippen molar-refractivity contribution >= 4 is 17.4 Å². The highest BCUT2D eigenvalue weighted by molar-refractivity contribution is 6.33. The molecule has 0 bridgehead atoms. The minimum absolute atomic E-state index is 0.00456. The van der Waals surface area contributed by atoms with Crippen LogP contribution in [0.3, 0.4) is 0 Å². The molecule has 0 fully saturated rings. The minimum Gasteiger partial charge on any atom is -0.381 e. The summed E-state index contributed by atoms with van der Waals surface area (Å²) in [6, 6.07) is 6.93. The van der Waals surface area contributed by atoms with Crippen molar-refractivity contribution in [3.05, 3.63) is 35.1 Å². The summed E-state index contributed by atoms with van der Waals surface area (Å²) < 4.78 is 14.9. The van der Waals surface area contributed by atoms with Crippen LogP contribution in [-0.4, -0.2) is 9.78 Å². The van der Waals surface area contributed by atoms with Gasteiger partial charge in [0.2, 0.25) is 0 Å². The van der Waals surface area contributed by atoms with Crippen LogP contribution in [0.4, 0.5) is 10.2 Å². The molecule has 0 amide bonds. The summed E-state index contributed by atoms with van der Waals surface area (Å²) in [7, 11) is 1.58. The molecule has 1 heterocycles. The number of rotatable bonds is 1. The summed E-state index contributed by atoms with van der Waals surface area (Å²) in [5.74, 6) is -0.532. The maximum atomic E-state index is 13.6. The van der Waals surface area contributed by atoms with Gasteiger partial charge in [-0.15, -0.1) is 0 Å². The molecular formula is C10H9ClFN3. The molecule has 2 rings (SSSR count). The van der Waals surface area contributed by atoms with Gasteiger partial charge in [-0.1, -0.05) is 29.8 Å². The lowest BCUT2D eigenvalue weighted by Gasteiger charge is -1.98. The van der Waals surface area contributed by atoms with Gasteiger partial charge in [-0.2, -0.15) is 5.10 Å². The molecule has 3 nitrogen and oxygen atoms in total. The maximum absolute atomic E-state index is 13.6. The largest absolute Gasteiger partial charge is 0.381 e. The molecule has 0 atom stereocenters. The zero-order valence-electron chi connectivity index (χ0n) is 8.04. The Labute approximate surface area is 91.3 Å². The number of nitrogen functional groups attached to an aromatic ring is 1. The molecular weight excluding hydrogens is 217 g/mol. The zero-order chi connectivity index (χ0) is 11.0. The van der Waals surface area contributed by atoms with E-state index in [1.807, 2.05) is 0 Å². The molecule has 0 radical (unpaired) electrons. The van der Waals surface area contributed by atoms with Crippen LogP contribution in [0.1, 0.15) is 0 Å². The van der Waals surface area contributed by atoms with Crippen LogP contribution in [0.15, 0.2) is 24.3 Å². The fourth-order valence-electron chi connectivity index (χ4n) is 1.34. The second-order valence-corrected chi connectivity index (χ2v) is 3.56. The van der Waals surface area contributed by atoms with Crippen molar-refractivity contribution in [2.45, 2.75) is 0 Å². The van der Waals surface area contributed by atoms with E-state index in [1.165, 1.54) is 4.68 Å². The molecule has 15 heavy (non-hydrogen) atoms. The van der Waals surface area contributed by atoms with E-state index in [1.54, 1.807) is 31.3 Å². The van der Waals surface area contributed by atoms with Crippen LogP contribution in [0, 0.1) is 5.82 Å². The van der Waals surface area contributed by atoms with Gasteiger partial charge in [-0.05, 0) is 6.07 Å². The van der Waals surface area contributed by atoms with Gasteiger partial charge in [-0.3, -0.25) is 0 Å². The van der Waals surface area contributed by atoms with Crippen molar-refractivity contribution in [2.24, 2.45) is 7.05 Å². The Kier molecular flexibility index (Phi) is 2.36. The Morgan fingerprint density at radius 3 is 2.60 bits per heavy atom. The van der Waals surface area contributed by atoms with Gasteiger partial charge in [0, 0.05) is 12.6 Å². The Hall–Kier alpha value is -1.55. The monoisotopic (exact) mass is 225 g/mol. The highest BCUT2D eigenvalue weighted by Gasteiger charge is 2.16. The van der Waals surface area contributed by atoms with E-state index in [2.05, 4.69) is 5.10 Å². The lowest BCUT2D eigenvalue weighted by molar-refractivity contribution is 0.634. The van der Waals surface area contributed by atoms with Gasteiger partial charge in [0.25, 0.3) is 0 Å². The first-order valence-electron chi connectivity index (χ1n) is 4.34. The van der Waals surface area contributed by atoms with Crippen molar-refractivity contribution in [3.8, 4) is 11.3 Å². The highest BCUT2D eigenvalue weighted by atomic mass is 35.5. The van der Waals surface area contributed by atoms with Crippen molar-refractivity contribution < 1.29 is 4.39 Å². The Bertz CT molecular complexity index is 507. The Morgan fingerprint density at radius 1 is 1.40 bits per heavy atom. The molecule has 78 valence electrons. The first kappa shape index (κ1) is 9.98. The second-order valence-electron chi connectivity index (χ2n) is 3.15. The van der Waals surface area contributed by atoms with E-state index in [9.17, 15) is 4.39 Å². The lowest BCUT2D eigenvalue weighted by atomic mass is 10.1. The van der Waals surface area contributed by atoms with Crippen LogP contribution in [-0.2, 0) is 7.05 Å². The quantitative estimate of drug-likeness (QED) is 0.810. The summed E-state index contributed by atoms with van der Waals surface area (Å²) in [5.41, 5.74) is 6.20. The number of halogens is 2. The smallest absolute Gasteiger partial charge is 0.192 e. The average molecular weight is 226 g/mol. The molecule has 0 spiro atoms. The summed E-state index contributed by atoms with van der Waals surface area (Å²) in [5, 5.41) is 4.43. The summed E-state index contributed by atoms with van der Waals surface area (Å²) in [6.45, 7) is 0. The summed E-state index contributed by atoms with van der Waals surface area (Å²) in [6.07, 6.45) is 0. The van der Waals surface area contributed by atoms with E-state index < -0.39 is 5.82 Å². The van der Waals surface area contributed by atoms with Gasteiger partial charge in [-0.25, -0.2) is 9.07 Å². The van der Waals surface area contributed by atoms with E-state index in [0.717, 1.165) is 0 Å². The summed E-state index contributed by atoms with van der Waals surface area (Å²) >= 11 is 5.94. The fraction of sp³-hybridized carbons (Fsp3) is 0.100. The Morgan fingerprint density at radius 2 is 2.07 bits per heavy atom. The van der Waals surface area contributed by atoms with Crippen LogP contribution in [0.5, 0.6) is 0 Å². The maximum Gasteiger partial charge on any atom is 0.192 e. The third kappa shape index (κ3) is 1.57. The van der Waals surface area contributed by atoms with Crippen molar-refractivity contribution in [1.82, 2.24) is 9.78 Å². The van der Waals surface area contributed by atoms with Crippen molar-refractivity contribution in [2.75, 3.05) is 5.73 Å². The van der Waals surface area contributed by atoms with Crippen LogP contribution >= 0.6 is 11.6 Å². The van der Waals surface area contributed by atoms with Gasteiger partial charge >= 0.3 is 0 Å². The fourth-order valence-corrected chi connectivity index (χ4v) is 1.56. The predicted octanol–water partition coefficient (Wildman–Crippen LogP) is 2.46. The number of aromatic nitrogens is 2. The van der Waals surface area contributed by atoms with Crippen LogP contribution in [0.2, 0.25) is 5.02 Å². The van der Waals surface area contributed by atoms with E-state index in [0.29, 0.717) is 10.6 Å². The number of aryl methyl sites for hydroxylation is 1. The minimum atomic E-state index is -0.536. The van der Waals surface area contributed by atoms with Gasteiger partial charge in [0.05, 0.1) is 5.02 Å². The standard InChI is InChI=1S/C10H9ClFN3/c1-15-10(13)8(12)9(14-15)6-4-2-3-5-7(6)11/h2-5H,13H2,1H3. The third-order valence-electron chi connectivity index (χ3n) is 2.16. The predicted molar refractivity (Wildman–Crippen MR) is 58.0 cm³/mol. The molecule has 2 N–H and O–H groups in total. The van der Waals surface area contributed by atoms with E-state index >= 15 is 0 Å². The van der Waals surface area contributed by atoms with Gasteiger partial charge in [0.15, 0.2) is 11.6 Å². The Balaban J connectivity index is 2.65. The number of nitrogens with two attached hydrogens (primary N) is 1. The topological polar surface area (TPSA) is 43.8 Å². The molecule has 1 aromatic carbocycles. The molecule has 0 aliphatic carbocycles.